The second kappa shape index (κ2) is 24.6. The third kappa shape index (κ3) is 14.7. The minimum Gasteiger partial charge on any atom is -0.447 e. The Labute approximate surface area is 356 Å². The van der Waals surface area contributed by atoms with Crippen molar-refractivity contribution in [1.82, 2.24) is 38.2 Å². The number of carbonyl (C=O) groups excluding carboxylic acids is 1. The van der Waals surface area contributed by atoms with Crippen molar-refractivity contribution in [3.05, 3.63) is 0 Å². The van der Waals surface area contributed by atoms with Gasteiger partial charge in [-0.25, -0.2) is 32.8 Å². The van der Waals surface area contributed by atoms with Crippen molar-refractivity contribution >= 4 is 29.1 Å². The summed E-state index contributed by atoms with van der Waals surface area (Å²) >= 11 is 0. The van der Waals surface area contributed by atoms with Gasteiger partial charge in [-0.2, -0.15) is 0 Å². The molecular weight excluding hydrogens is 849 g/mol. The van der Waals surface area contributed by atoms with Crippen LogP contribution in [0.5, 0.6) is 0 Å². The van der Waals surface area contributed by atoms with Gasteiger partial charge in [0.25, 0.3) is 0 Å². The number of amides is 1. The second-order valence-corrected chi connectivity index (χ2v) is 23.8. The molecule has 0 bridgehead atoms. The summed E-state index contributed by atoms with van der Waals surface area (Å²) in [6.07, 6.45) is -2.48. The van der Waals surface area contributed by atoms with E-state index in [-0.39, 0.29) is 96.8 Å². The Kier molecular flexibility index (Phi) is 21.3. The molecule has 4 fully saturated rings. The number of aliphatic hydroxyl groups excluding tert-OH is 1. The normalized spacial score (nSPS) is 29.7. The van der Waals surface area contributed by atoms with E-state index < -0.39 is 41.3 Å². The Hall–Kier alpha value is -0.680. The van der Waals surface area contributed by atoms with Gasteiger partial charge in [-0.15, -0.1) is 0 Å². The lowest BCUT2D eigenvalue weighted by Crippen LogP contribution is -2.51. The molecule has 4 saturated heterocycles. The maximum atomic E-state index is 14.8. The fourth-order valence-electron chi connectivity index (χ4n) is 7.30. The predicted molar refractivity (Wildman–Crippen MR) is 224 cm³/mol. The van der Waals surface area contributed by atoms with Gasteiger partial charge in [-0.3, -0.25) is 13.7 Å². The van der Waals surface area contributed by atoms with E-state index in [9.17, 15) is 18.5 Å². The molecule has 9 unspecified atom stereocenters. The van der Waals surface area contributed by atoms with Gasteiger partial charge in [0, 0.05) is 65.4 Å². The van der Waals surface area contributed by atoms with E-state index >= 15 is 0 Å². The highest BCUT2D eigenvalue weighted by molar-refractivity contribution is 7.54. The molecule has 0 radical (unpaired) electrons. The average molecular weight is 923 g/mol. The summed E-state index contributed by atoms with van der Waals surface area (Å²) in [6, 6.07) is 0. The molecule has 2 N–H and O–H groups in total. The molecule has 4 aliphatic rings. The van der Waals surface area contributed by atoms with E-state index in [1.807, 2.05) is 20.8 Å². The molecule has 60 heavy (non-hydrogen) atoms. The van der Waals surface area contributed by atoms with E-state index in [0.717, 1.165) is 6.54 Å². The molecule has 352 valence electrons. The molecule has 4 aliphatic heterocycles. The van der Waals surface area contributed by atoms with Crippen molar-refractivity contribution in [3.63, 3.8) is 0 Å². The number of hydrogen-bond acceptors (Lipinski definition) is 15. The summed E-state index contributed by atoms with van der Waals surface area (Å²) in [5, 5.41) is 12.1. The molecule has 0 aromatic carbocycles. The lowest BCUT2D eigenvalue weighted by atomic mass is 10.2. The van der Waals surface area contributed by atoms with Gasteiger partial charge in [0.05, 0.1) is 89.5 Å². The maximum absolute atomic E-state index is 14.8. The summed E-state index contributed by atoms with van der Waals surface area (Å²) in [5.41, 5.74) is 0. The van der Waals surface area contributed by atoms with Gasteiger partial charge in [-0.05, 0) is 63.1 Å². The fraction of sp³-hybridized carbons (Fsp3) is 0.971. The van der Waals surface area contributed by atoms with Crippen LogP contribution < -0.4 is 5.32 Å². The highest BCUT2D eigenvalue weighted by Crippen LogP contribution is 2.57. The van der Waals surface area contributed by atoms with Crippen LogP contribution in [0.1, 0.15) is 20.8 Å². The lowest BCUT2D eigenvalue weighted by Gasteiger charge is -2.44. The minimum atomic E-state index is -3.65. The molecule has 4 heterocycles. The monoisotopic (exact) mass is 922 g/mol. The standard InChI is InChI=1S/C35H73N8O14P3/c1-29-20-36-21-32(55-29)26-52-59(47,38(6)7)42-22-30(2)57-34(25-42)28-54-60(48,39(8)9)43-23-31(3)56-33(24-43)27-53-58(46,37(4)5)41-12-10-40(11-13-41)35(45)51-19-18-50-17-16-49-15-14-44/h29-34,36,44H,10-28H2,1-9H3. The van der Waals surface area contributed by atoms with Crippen LogP contribution in [0.15, 0.2) is 0 Å². The van der Waals surface area contributed by atoms with Gasteiger partial charge < -0.3 is 57.3 Å². The van der Waals surface area contributed by atoms with Crippen molar-refractivity contribution in [2.24, 2.45) is 0 Å². The van der Waals surface area contributed by atoms with Crippen LogP contribution >= 0.6 is 23.0 Å². The summed E-state index contributed by atoms with van der Waals surface area (Å²) in [4.78, 5) is 14.2. The Bertz CT molecular complexity index is 1450. The van der Waals surface area contributed by atoms with E-state index in [2.05, 4.69) is 5.32 Å². The molecule has 0 spiro atoms. The van der Waals surface area contributed by atoms with Crippen LogP contribution in [0.2, 0.25) is 0 Å². The fourth-order valence-corrected chi connectivity index (χ4v) is 13.4. The molecular formula is C35H73N8O14P3. The Morgan fingerprint density at radius 1 is 0.600 bits per heavy atom. The number of carbonyl (C=O) groups is 1. The van der Waals surface area contributed by atoms with Crippen LogP contribution in [-0.4, -0.2) is 248 Å². The van der Waals surface area contributed by atoms with Crippen LogP contribution in [0, 0.1) is 0 Å². The molecule has 0 aromatic heterocycles. The smallest absolute Gasteiger partial charge is 0.409 e. The number of morpholine rings is 3. The van der Waals surface area contributed by atoms with E-state index in [0.29, 0.717) is 45.9 Å². The number of ether oxygens (including phenoxy) is 6. The zero-order valence-electron chi connectivity index (χ0n) is 37.1. The zero-order chi connectivity index (χ0) is 44.1. The van der Waals surface area contributed by atoms with E-state index in [1.165, 1.54) is 0 Å². The molecule has 25 heteroatoms. The van der Waals surface area contributed by atoms with Gasteiger partial charge in [0.15, 0.2) is 0 Å². The number of hydrogen-bond donors (Lipinski definition) is 2. The maximum Gasteiger partial charge on any atom is 0.409 e. The molecule has 0 aliphatic carbocycles. The molecule has 22 nitrogen and oxygen atoms in total. The lowest BCUT2D eigenvalue weighted by molar-refractivity contribution is -0.0883. The number of nitrogens with zero attached hydrogens (tertiary/aromatic N) is 7. The highest BCUT2D eigenvalue weighted by atomic mass is 31.2. The average Bonchev–Trinajstić information content (AvgIpc) is 3.21. The minimum absolute atomic E-state index is 0.0294. The Balaban J connectivity index is 1.30. The number of rotatable bonds is 23. The first-order chi connectivity index (χ1) is 28.4. The number of piperazine rings is 1. The molecule has 4 rings (SSSR count). The van der Waals surface area contributed by atoms with Crippen LogP contribution in [0.4, 0.5) is 4.79 Å². The van der Waals surface area contributed by atoms with Crippen LogP contribution in [0.25, 0.3) is 0 Å². The van der Waals surface area contributed by atoms with Gasteiger partial charge in [0.2, 0.25) is 0 Å². The Morgan fingerprint density at radius 3 is 1.50 bits per heavy atom. The molecule has 9 atom stereocenters. The zero-order valence-corrected chi connectivity index (χ0v) is 39.8. The summed E-state index contributed by atoms with van der Waals surface area (Å²) in [7, 11) is -0.456. The first kappa shape index (κ1) is 51.9. The van der Waals surface area contributed by atoms with Crippen molar-refractivity contribution < 1.29 is 65.6 Å². The van der Waals surface area contributed by atoms with Gasteiger partial charge in [0.1, 0.15) is 6.61 Å². The number of aliphatic hydroxyl groups is 1. The van der Waals surface area contributed by atoms with Crippen molar-refractivity contribution in [2.45, 2.75) is 57.4 Å². The van der Waals surface area contributed by atoms with Gasteiger partial charge >= 0.3 is 29.1 Å². The first-order valence-electron chi connectivity index (χ1n) is 20.8. The van der Waals surface area contributed by atoms with Crippen LogP contribution in [0.3, 0.4) is 0 Å². The van der Waals surface area contributed by atoms with Crippen molar-refractivity contribution in [3.8, 4) is 0 Å². The van der Waals surface area contributed by atoms with Gasteiger partial charge in [-0.1, -0.05) is 0 Å². The molecule has 1 amide bonds. The quantitative estimate of drug-likeness (QED) is 0.110. The molecule has 0 saturated carbocycles. The Morgan fingerprint density at radius 2 is 1.03 bits per heavy atom. The SMILES string of the molecule is CC1CNCC(COP(=O)(N(C)C)N2CC(C)OC(COP(=O)(N(C)C)N3CC(C)OC(COP(=O)(N(C)C)N4CCN(C(=O)OCCOCCOCCO)CC4)C3)C2)O1. The predicted octanol–water partition coefficient (Wildman–Crippen LogP) is 1.38. The molecule has 0 aromatic rings. The largest absolute Gasteiger partial charge is 0.447 e. The first-order valence-corrected chi connectivity index (χ1v) is 25.4. The third-order valence-electron chi connectivity index (χ3n) is 10.3. The van der Waals surface area contributed by atoms with Crippen molar-refractivity contribution in [1.29, 1.82) is 0 Å². The summed E-state index contributed by atoms with van der Waals surface area (Å²) in [5.74, 6) is 0. The van der Waals surface area contributed by atoms with Crippen molar-refractivity contribution in [2.75, 3.05) is 167 Å². The summed E-state index contributed by atoms with van der Waals surface area (Å²) < 4.78 is 107. The third-order valence-corrected chi connectivity index (χ3v) is 18.0. The van der Waals surface area contributed by atoms with Crippen LogP contribution in [-0.2, 0) is 55.7 Å². The second-order valence-electron chi connectivity index (χ2n) is 16.0. The highest BCUT2D eigenvalue weighted by Gasteiger charge is 2.46. The van der Waals surface area contributed by atoms with E-state index in [1.54, 1.807) is 75.2 Å². The number of nitrogens with one attached hydrogen (secondary N) is 1. The van der Waals surface area contributed by atoms with E-state index in [4.69, 9.17) is 47.1 Å². The summed E-state index contributed by atoms with van der Waals surface area (Å²) in [6.45, 7) is 10.6. The topological polar surface area (TPSA) is 206 Å².